The van der Waals surface area contributed by atoms with Gasteiger partial charge in [0.2, 0.25) is 0 Å². The molecule has 0 saturated carbocycles. The molecule has 0 aromatic carbocycles. The Labute approximate surface area is 75.1 Å². The molecule has 5 heteroatoms. The molecule has 0 aromatic heterocycles. The predicted molar refractivity (Wildman–Crippen MR) is 46.5 cm³/mol. The summed E-state index contributed by atoms with van der Waals surface area (Å²) >= 11 is 1.72. The summed E-state index contributed by atoms with van der Waals surface area (Å²) in [7, 11) is 0. The zero-order valence-corrected chi connectivity index (χ0v) is 7.89. The van der Waals surface area contributed by atoms with Gasteiger partial charge < -0.3 is 5.32 Å². The van der Waals surface area contributed by atoms with E-state index in [0.717, 1.165) is 18.6 Å². The van der Waals surface area contributed by atoms with Crippen molar-refractivity contribution in [2.75, 3.05) is 25.1 Å². The number of unbranched alkanes of at least 4 members (excludes halogenated alkanes) is 1. The highest BCUT2D eigenvalue weighted by molar-refractivity contribution is 7.98. The van der Waals surface area contributed by atoms with E-state index in [9.17, 15) is 13.2 Å². The molecule has 0 aliphatic carbocycles. The van der Waals surface area contributed by atoms with E-state index < -0.39 is 12.7 Å². The first kappa shape index (κ1) is 12.1. The summed E-state index contributed by atoms with van der Waals surface area (Å²) in [6.45, 7) is -0.410. The van der Waals surface area contributed by atoms with Crippen molar-refractivity contribution >= 4 is 11.8 Å². The van der Waals surface area contributed by atoms with Crippen molar-refractivity contribution < 1.29 is 13.2 Å². The van der Waals surface area contributed by atoms with Crippen LogP contribution in [0.3, 0.4) is 0 Å². The molecule has 0 aliphatic rings. The molecule has 0 rings (SSSR count). The molecule has 0 spiro atoms. The summed E-state index contributed by atoms with van der Waals surface area (Å²) in [5, 5.41) is 2.35. The van der Waals surface area contributed by atoms with E-state index in [-0.39, 0.29) is 0 Å². The average Bonchev–Trinajstić information content (AvgIpc) is 1.94. The Balaban J connectivity index is 3.01. The fourth-order valence-corrected chi connectivity index (χ4v) is 1.22. The van der Waals surface area contributed by atoms with Crippen LogP contribution in [0.5, 0.6) is 0 Å². The minimum Gasteiger partial charge on any atom is -0.309 e. The monoisotopic (exact) mass is 201 g/mol. The largest absolute Gasteiger partial charge is 0.401 e. The van der Waals surface area contributed by atoms with Gasteiger partial charge in [0.1, 0.15) is 0 Å². The summed E-state index contributed by atoms with van der Waals surface area (Å²) in [6.07, 6.45) is -0.286. The molecule has 0 aromatic rings. The Morgan fingerprint density at radius 2 is 1.92 bits per heavy atom. The number of thioether (sulfide) groups is 1. The highest BCUT2D eigenvalue weighted by atomic mass is 32.2. The zero-order valence-electron chi connectivity index (χ0n) is 7.08. The van der Waals surface area contributed by atoms with Gasteiger partial charge in [0.15, 0.2) is 0 Å². The van der Waals surface area contributed by atoms with Gasteiger partial charge in [-0.2, -0.15) is 24.9 Å². The van der Waals surface area contributed by atoms with Crippen molar-refractivity contribution in [2.45, 2.75) is 19.0 Å². The molecule has 0 fully saturated rings. The van der Waals surface area contributed by atoms with Gasteiger partial charge >= 0.3 is 6.18 Å². The van der Waals surface area contributed by atoms with Gasteiger partial charge in [0.25, 0.3) is 0 Å². The Hall–Kier alpha value is 0.100. The molecule has 0 amide bonds. The van der Waals surface area contributed by atoms with E-state index in [2.05, 4.69) is 5.32 Å². The van der Waals surface area contributed by atoms with Gasteiger partial charge in [-0.1, -0.05) is 0 Å². The van der Waals surface area contributed by atoms with Crippen LogP contribution in [0.1, 0.15) is 12.8 Å². The predicted octanol–water partition coefficient (Wildman–Crippen LogP) is 2.28. The molecule has 1 nitrogen and oxygen atoms in total. The minimum absolute atomic E-state index is 0.458. The Bertz CT molecular complexity index is 105. The van der Waals surface area contributed by atoms with Crippen LogP contribution in [0.4, 0.5) is 13.2 Å². The van der Waals surface area contributed by atoms with Crippen LogP contribution in [0.2, 0.25) is 0 Å². The Morgan fingerprint density at radius 1 is 1.25 bits per heavy atom. The number of nitrogens with one attached hydrogen (secondary N) is 1. The molecule has 12 heavy (non-hydrogen) atoms. The molecule has 1 N–H and O–H groups in total. The number of hydrogen-bond acceptors (Lipinski definition) is 2. The third-order valence-corrected chi connectivity index (χ3v) is 1.97. The second-order valence-corrected chi connectivity index (χ2v) is 3.48. The fraction of sp³-hybridized carbons (Fsp3) is 1.00. The standard InChI is InChI=1S/C7H14F3NS/c1-12-5-3-2-4-11-6-7(8,9)10/h11H,2-6H2,1H3. The lowest BCUT2D eigenvalue weighted by atomic mass is 10.3. The number of rotatable bonds is 6. The minimum atomic E-state index is -4.07. The number of halogens is 3. The van der Waals surface area contributed by atoms with Gasteiger partial charge in [0.05, 0.1) is 6.54 Å². The van der Waals surface area contributed by atoms with Crippen LogP contribution in [-0.2, 0) is 0 Å². The smallest absolute Gasteiger partial charge is 0.309 e. The molecular weight excluding hydrogens is 187 g/mol. The lowest BCUT2D eigenvalue weighted by molar-refractivity contribution is -0.124. The van der Waals surface area contributed by atoms with Crippen molar-refractivity contribution in [1.82, 2.24) is 5.32 Å². The molecule has 0 saturated heterocycles. The van der Waals surface area contributed by atoms with Crippen LogP contribution in [0.25, 0.3) is 0 Å². The van der Waals surface area contributed by atoms with Gasteiger partial charge in [0, 0.05) is 0 Å². The number of hydrogen-bond donors (Lipinski definition) is 1. The highest BCUT2D eigenvalue weighted by Gasteiger charge is 2.25. The second-order valence-electron chi connectivity index (χ2n) is 2.49. The van der Waals surface area contributed by atoms with Crippen LogP contribution in [0, 0.1) is 0 Å². The number of alkyl halides is 3. The zero-order chi connectivity index (χ0) is 9.45. The molecule has 0 radical (unpaired) electrons. The maximum Gasteiger partial charge on any atom is 0.401 e. The first-order valence-electron chi connectivity index (χ1n) is 3.82. The first-order valence-corrected chi connectivity index (χ1v) is 5.22. The van der Waals surface area contributed by atoms with E-state index >= 15 is 0 Å². The van der Waals surface area contributed by atoms with E-state index in [1.807, 2.05) is 6.26 Å². The van der Waals surface area contributed by atoms with Gasteiger partial charge in [-0.25, -0.2) is 0 Å². The summed E-state index contributed by atoms with van der Waals surface area (Å²) in [5.74, 6) is 1.02. The second kappa shape index (κ2) is 6.60. The van der Waals surface area contributed by atoms with Crippen LogP contribution in [0.15, 0.2) is 0 Å². The van der Waals surface area contributed by atoms with Gasteiger partial charge in [-0.3, -0.25) is 0 Å². The molecule has 0 heterocycles. The molecule has 0 unspecified atom stereocenters. The quantitative estimate of drug-likeness (QED) is 0.662. The van der Waals surface area contributed by atoms with Crippen molar-refractivity contribution in [1.29, 1.82) is 0 Å². The van der Waals surface area contributed by atoms with E-state index in [0.29, 0.717) is 6.54 Å². The summed E-state index contributed by atoms with van der Waals surface area (Å²) in [5.41, 5.74) is 0. The highest BCUT2D eigenvalue weighted by Crippen LogP contribution is 2.12. The van der Waals surface area contributed by atoms with Crippen molar-refractivity contribution in [3.8, 4) is 0 Å². The van der Waals surface area contributed by atoms with Gasteiger partial charge in [-0.15, -0.1) is 0 Å². The summed E-state index contributed by atoms with van der Waals surface area (Å²) in [4.78, 5) is 0. The summed E-state index contributed by atoms with van der Waals surface area (Å²) < 4.78 is 34.7. The van der Waals surface area contributed by atoms with E-state index in [4.69, 9.17) is 0 Å². The van der Waals surface area contributed by atoms with Crippen LogP contribution < -0.4 is 5.32 Å². The van der Waals surface area contributed by atoms with Crippen LogP contribution >= 0.6 is 11.8 Å². The van der Waals surface area contributed by atoms with Crippen molar-refractivity contribution in [2.24, 2.45) is 0 Å². The maximum atomic E-state index is 11.6. The first-order chi connectivity index (χ1) is 5.56. The lowest BCUT2D eigenvalue weighted by Crippen LogP contribution is -2.29. The Kier molecular flexibility index (Phi) is 6.65. The van der Waals surface area contributed by atoms with E-state index in [1.165, 1.54) is 0 Å². The molecule has 0 atom stereocenters. The summed E-state index contributed by atoms with van der Waals surface area (Å²) in [6, 6.07) is 0. The SMILES string of the molecule is CSCCCCNCC(F)(F)F. The molecule has 0 bridgehead atoms. The third-order valence-electron chi connectivity index (χ3n) is 1.28. The maximum absolute atomic E-state index is 11.6. The molecular formula is C7H14F3NS. The topological polar surface area (TPSA) is 12.0 Å². The van der Waals surface area contributed by atoms with E-state index in [1.54, 1.807) is 11.8 Å². The van der Waals surface area contributed by atoms with Gasteiger partial charge in [-0.05, 0) is 31.4 Å². The van der Waals surface area contributed by atoms with Crippen molar-refractivity contribution in [3.63, 3.8) is 0 Å². The molecule has 0 aliphatic heterocycles. The molecule has 74 valence electrons. The van der Waals surface area contributed by atoms with Crippen LogP contribution in [-0.4, -0.2) is 31.3 Å². The average molecular weight is 201 g/mol. The lowest BCUT2D eigenvalue weighted by Gasteiger charge is -2.07. The fourth-order valence-electron chi connectivity index (χ4n) is 0.727. The Morgan fingerprint density at radius 3 is 2.42 bits per heavy atom. The normalized spacial score (nSPS) is 12.0. The van der Waals surface area contributed by atoms with Crippen molar-refractivity contribution in [3.05, 3.63) is 0 Å². The third kappa shape index (κ3) is 10.1.